The van der Waals surface area contributed by atoms with E-state index in [9.17, 15) is 0 Å². The minimum atomic E-state index is 0.753. The molecule has 96 valence electrons. The van der Waals surface area contributed by atoms with Gasteiger partial charge in [0.2, 0.25) is 0 Å². The highest BCUT2D eigenvalue weighted by Crippen LogP contribution is 2.30. The fraction of sp³-hybridized carbons (Fsp3) is 0.133. The van der Waals surface area contributed by atoms with Crippen LogP contribution in [0.25, 0.3) is 10.8 Å². The molecule has 0 aliphatic carbocycles. The Bertz CT molecular complexity index is 692. The molecule has 0 saturated heterocycles. The Hall–Kier alpha value is -2.49. The van der Waals surface area contributed by atoms with Crippen LogP contribution in [0.1, 0.15) is 5.56 Å². The monoisotopic (exact) mass is 253 g/mol. The van der Waals surface area contributed by atoms with Gasteiger partial charge in [-0.15, -0.1) is 0 Å². The standard InChI is InChI=1S/C15H15N3O/c1-18(9-11-5-7-19-10-11)15-3-2-14(16)13-8-17-6-4-12(13)15/h2-8,10H,9,16H2,1H3. The molecule has 0 radical (unpaired) electrons. The van der Waals surface area contributed by atoms with E-state index in [1.54, 1.807) is 24.9 Å². The lowest BCUT2D eigenvalue weighted by atomic mass is 10.1. The number of nitrogen functional groups attached to an aromatic ring is 1. The first-order valence-electron chi connectivity index (χ1n) is 6.10. The molecule has 3 aromatic rings. The average molecular weight is 253 g/mol. The number of fused-ring (bicyclic) bond motifs is 1. The predicted octanol–water partition coefficient (Wildman–Crippen LogP) is 3.05. The van der Waals surface area contributed by atoms with E-state index >= 15 is 0 Å². The average Bonchev–Trinajstić information content (AvgIpc) is 2.92. The largest absolute Gasteiger partial charge is 0.472 e. The van der Waals surface area contributed by atoms with Crippen molar-refractivity contribution in [3.63, 3.8) is 0 Å². The Morgan fingerprint density at radius 3 is 2.89 bits per heavy atom. The summed E-state index contributed by atoms with van der Waals surface area (Å²) < 4.78 is 5.10. The van der Waals surface area contributed by atoms with E-state index in [4.69, 9.17) is 10.2 Å². The predicted molar refractivity (Wildman–Crippen MR) is 77.0 cm³/mol. The normalized spacial score (nSPS) is 10.8. The molecule has 4 heteroatoms. The number of hydrogen-bond acceptors (Lipinski definition) is 4. The first-order valence-corrected chi connectivity index (χ1v) is 6.10. The van der Waals surface area contributed by atoms with Gasteiger partial charge in [-0.1, -0.05) is 0 Å². The summed E-state index contributed by atoms with van der Waals surface area (Å²) in [6.45, 7) is 0.790. The number of nitrogens with zero attached hydrogens (tertiary/aromatic N) is 2. The van der Waals surface area contributed by atoms with Crippen LogP contribution in [-0.2, 0) is 6.54 Å². The Labute approximate surface area is 111 Å². The molecule has 4 nitrogen and oxygen atoms in total. The lowest BCUT2D eigenvalue weighted by Crippen LogP contribution is -2.16. The van der Waals surface area contributed by atoms with Crippen LogP contribution >= 0.6 is 0 Å². The quantitative estimate of drug-likeness (QED) is 0.729. The van der Waals surface area contributed by atoms with Crippen molar-refractivity contribution in [2.45, 2.75) is 6.54 Å². The summed E-state index contributed by atoms with van der Waals surface area (Å²) in [4.78, 5) is 6.31. The SMILES string of the molecule is CN(Cc1ccoc1)c1ccc(N)c2cnccc12. The van der Waals surface area contributed by atoms with Crippen LogP contribution in [0.3, 0.4) is 0 Å². The summed E-state index contributed by atoms with van der Waals surface area (Å²) in [7, 11) is 2.05. The minimum Gasteiger partial charge on any atom is -0.472 e. The van der Waals surface area contributed by atoms with E-state index in [1.807, 2.05) is 24.3 Å². The van der Waals surface area contributed by atoms with Crippen molar-refractivity contribution < 1.29 is 4.42 Å². The van der Waals surface area contributed by atoms with Gasteiger partial charge >= 0.3 is 0 Å². The lowest BCUT2D eigenvalue weighted by Gasteiger charge is -2.21. The molecule has 1 aromatic carbocycles. The second-order valence-corrected chi connectivity index (χ2v) is 4.58. The minimum absolute atomic E-state index is 0.753. The maximum Gasteiger partial charge on any atom is 0.0952 e. The van der Waals surface area contributed by atoms with Crippen LogP contribution in [0.4, 0.5) is 11.4 Å². The molecule has 2 N–H and O–H groups in total. The number of anilines is 2. The van der Waals surface area contributed by atoms with Gasteiger partial charge in [-0.3, -0.25) is 4.98 Å². The number of benzene rings is 1. The summed E-state index contributed by atoms with van der Waals surface area (Å²) in [6.07, 6.45) is 7.04. The van der Waals surface area contributed by atoms with Gasteiger partial charge < -0.3 is 15.1 Å². The Morgan fingerprint density at radius 2 is 2.11 bits per heavy atom. The van der Waals surface area contributed by atoms with E-state index < -0.39 is 0 Å². The molecule has 0 aliphatic heterocycles. The van der Waals surface area contributed by atoms with Crippen LogP contribution < -0.4 is 10.6 Å². The molecule has 0 unspecified atom stereocenters. The van der Waals surface area contributed by atoms with Crippen molar-refractivity contribution in [3.05, 3.63) is 54.7 Å². The maximum absolute atomic E-state index is 5.99. The number of pyridine rings is 1. The molecule has 0 amide bonds. The fourth-order valence-electron chi connectivity index (χ4n) is 2.27. The zero-order valence-corrected chi connectivity index (χ0v) is 10.7. The highest BCUT2D eigenvalue weighted by Gasteiger charge is 2.09. The zero-order valence-electron chi connectivity index (χ0n) is 10.7. The fourth-order valence-corrected chi connectivity index (χ4v) is 2.27. The molecule has 3 rings (SSSR count). The molecule has 0 aliphatic rings. The van der Waals surface area contributed by atoms with Gasteiger partial charge in [0, 0.05) is 53.7 Å². The van der Waals surface area contributed by atoms with Gasteiger partial charge in [-0.25, -0.2) is 0 Å². The summed E-state index contributed by atoms with van der Waals surface area (Å²) in [6, 6.07) is 7.92. The molecule has 0 spiro atoms. The van der Waals surface area contributed by atoms with E-state index in [2.05, 4.69) is 16.9 Å². The molecular weight excluding hydrogens is 238 g/mol. The lowest BCUT2D eigenvalue weighted by molar-refractivity contribution is 0.563. The van der Waals surface area contributed by atoms with Crippen LogP contribution in [0, 0.1) is 0 Å². The van der Waals surface area contributed by atoms with Crippen molar-refractivity contribution in [2.24, 2.45) is 0 Å². The number of furan rings is 1. The van der Waals surface area contributed by atoms with Crippen molar-refractivity contribution in [3.8, 4) is 0 Å². The second-order valence-electron chi connectivity index (χ2n) is 4.58. The topological polar surface area (TPSA) is 55.3 Å². The van der Waals surface area contributed by atoms with Gasteiger partial charge in [0.15, 0.2) is 0 Å². The third-order valence-corrected chi connectivity index (χ3v) is 3.24. The highest BCUT2D eigenvalue weighted by atomic mass is 16.3. The van der Waals surface area contributed by atoms with E-state index in [1.165, 1.54) is 0 Å². The van der Waals surface area contributed by atoms with Crippen molar-refractivity contribution in [1.29, 1.82) is 0 Å². The third-order valence-electron chi connectivity index (χ3n) is 3.24. The summed E-state index contributed by atoms with van der Waals surface area (Å²) in [5.74, 6) is 0. The first kappa shape index (κ1) is 11.6. The zero-order chi connectivity index (χ0) is 13.2. The number of hydrogen-bond donors (Lipinski definition) is 1. The van der Waals surface area contributed by atoms with Crippen LogP contribution in [0.2, 0.25) is 0 Å². The van der Waals surface area contributed by atoms with E-state index in [0.29, 0.717) is 0 Å². The third kappa shape index (κ3) is 2.12. The van der Waals surface area contributed by atoms with Gasteiger partial charge in [0.25, 0.3) is 0 Å². The Balaban J connectivity index is 2.03. The summed E-state index contributed by atoms with van der Waals surface area (Å²) in [5.41, 5.74) is 9.01. The smallest absolute Gasteiger partial charge is 0.0952 e. The van der Waals surface area contributed by atoms with Crippen molar-refractivity contribution in [2.75, 3.05) is 17.7 Å². The molecule has 2 heterocycles. The molecule has 0 bridgehead atoms. The number of aromatic nitrogens is 1. The van der Waals surface area contributed by atoms with Crippen LogP contribution in [0.5, 0.6) is 0 Å². The summed E-state index contributed by atoms with van der Waals surface area (Å²) >= 11 is 0. The van der Waals surface area contributed by atoms with E-state index in [-0.39, 0.29) is 0 Å². The molecule has 2 aromatic heterocycles. The van der Waals surface area contributed by atoms with Gasteiger partial charge in [-0.2, -0.15) is 0 Å². The molecule has 0 atom stereocenters. The first-order chi connectivity index (χ1) is 9.25. The number of rotatable bonds is 3. The van der Waals surface area contributed by atoms with Crippen molar-refractivity contribution >= 4 is 22.1 Å². The molecule has 19 heavy (non-hydrogen) atoms. The Kier molecular flexibility index (Phi) is 2.83. The van der Waals surface area contributed by atoms with Gasteiger partial charge in [0.1, 0.15) is 0 Å². The van der Waals surface area contributed by atoms with Gasteiger partial charge in [-0.05, 0) is 24.3 Å². The summed E-state index contributed by atoms with van der Waals surface area (Å²) in [5, 5.41) is 2.10. The molecule has 0 saturated carbocycles. The highest BCUT2D eigenvalue weighted by molar-refractivity contribution is 6.00. The molecule has 0 fully saturated rings. The second kappa shape index (κ2) is 4.65. The van der Waals surface area contributed by atoms with E-state index in [0.717, 1.165) is 34.3 Å². The van der Waals surface area contributed by atoms with Crippen molar-refractivity contribution in [1.82, 2.24) is 4.98 Å². The van der Waals surface area contributed by atoms with Crippen LogP contribution in [-0.4, -0.2) is 12.0 Å². The molecular formula is C15H15N3O. The van der Waals surface area contributed by atoms with Gasteiger partial charge in [0.05, 0.1) is 12.5 Å². The van der Waals surface area contributed by atoms with Crippen LogP contribution in [0.15, 0.2) is 53.6 Å². The number of nitrogens with two attached hydrogens (primary N) is 1. The maximum atomic E-state index is 5.99. The Morgan fingerprint density at radius 1 is 1.21 bits per heavy atom.